The van der Waals surface area contributed by atoms with Gasteiger partial charge in [-0.25, -0.2) is 8.42 Å². The van der Waals surface area contributed by atoms with E-state index in [1.54, 1.807) is 12.1 Å². The van der Waals surface area contributed by atoms with E-state index in [1.807, 2.05) is 36.4 Å². The molecule has 0 spiro atoms. The fourth-order valence-electron chi connectivity index (χ4n) is 5.81. The van der Waals surface area contributed by atoms with Crippen LogP contribution in [-0.2, 0) is 21.2 Å². The normalized spacial score (nSPS) is 24.1. The van der Waals surface area contributed by atoms with Crippen molar-refractivity contribution in [1.82, 2.24) is 4.90 Å². The van der Waals surface area contributed by atoms with Crippen LogP contribution < -0.4 is 9.62 Å². The van der Waals surface area contributed by atoms with Crippen molar-refractivity contribution in [3.05, 3.63) is 54.1 Å². The molecule has 196 valence electrons. The number of hydrogen-bond donors (Lipinski definition) is 1. The summed E-state index contributed by atoms with van der Waals surface area (Å²) in [6, 6.07) is 15.2. The number of nitrogens with one attached hydrogen (secondary N) is 1. The molecule has 0 unspecified atom stereocenters. The number of rotatable bonds is 9. The number of aryl methyl sites for hydroxylation is 1. The van der Waals surface area contributed by atoms with Crippen molar-refractivity contribution in [3.63, 3.8) is 0 Å². The predicted molar refractivity (Wildman–Crippen MR) is 146 cm³/mol. The number of para-hydroxylation sites is 2. The molecule has 0 aromatic heterocycles. The van der Waals surface area contributed by atoms with Crippen LogP contribution in [0.5, 0.6) is 0 Å². The summed E-state index contributed by atoms with van der Waals surface area (Å²) in [4.78, 5) is 5.21. The standard InChI is InChI=1S/C29H41N3O3S/c1-22-19-31(20-23(2)35-22)21-26-15-17-32(18-16-26)29-6-4-3-5-28(29)30-36(33,34)27-13-11-25(12-14-27)10-9-24-7-8-24/h3-6,11-14,22-24,26,30H,7-10,15-21H2,1-2H3/t22-,23+. The van der Waals surface area contributed by atoms with Gasteiger partial charge in [0.25, 0.3) is 10.0 Å². The maximum atomic E-state index is 13.2. The highest BCUT2D eigenvalue weighted by atomic mass is 32.2. The summed E-state index contributed by atoms with van der Waals surface area (Å²) in [6.45, 7) is 9.34. The summed E-state index contributed by atoms with van der Waals surface area (Å²) in [5.41, 5.74) is 2.84. The van der Waals surface area contributed by atoms with Crippen LogP contribution in [0, 0.1) is 11.8 Å². The summed E-state index contributed by atoms with van der Waals surface area (Å²) in [5, 5.41) is 0. The van der Waals surface area contributed by atoms with Crippen LogP contribution in [-0.4, -0.2) is 58.2 Å². The van der Waals surface area contributed by atoms with E-state index >= 15 is 0 Å². The number of hydrogen-bond acceptors (Lipinski definition) is 5. The quantitative estimate of drug-likeness (QED) is 0.504. The molecule has 2 heterocycles. The summed E-state index contributed by atoms with van der Waals surface area (Å²) in [7, 11) is -3.65. The van der Waals surface area contributed by atoms with Gasteiger partial charge >= 0.3 is 0 Å². The molecular weight excluding hydrogens is 470 g/mol. The van der Waals surface area contributed by atoms with E-state index < -0.39 is 10.0 Å². The molecule has 3 aliphatic rings. The number of piperidine rings is 1. The first-order valence-electron chi connectivity index (χ1n) is 13.7. The molecule has 36 heavy (non-hydrogen) atoms. The first kappa shape index (κ1) is 25.6. The first-order valence-corrected chi connectivity index (χ1v) is 15.2. The Kier molecular flexibility index (Phi) is 7.89. The molecule has 5 rings (SSSR count). The monoisotopic (exact) mass is 511 g/mol. The van der Waals surface area contributed by atoms with Crippen molar-refractivity contribution in [2.45, 2.75) is 69.5 Å². The molecule has 0 radical (unpaired) electrons. The SMILES string of the molecule is C[C@@H]1CN(CC2CCN(c3ccccc3NS(=O)(=O)c3ccc(CCC4CC4)cc3)CC2)C[C@H](C)O1. The molecule has 2 saturated heterocycles. The molecule has 0 bridgehead atoms. The summed E-state index contributed by atoms with van der Waals surface area (Å²) < 4.78 is 35.2. The average molecular weight is 512 g/mol. The zero-order chi connectivity index (χ0) is 25.1. The van der Waals surface area contributed by atoms with Gasteiger partial charge < -0.3 is 9.64 Å². The molecule has 1 aliphatic carbocycles. The van der Waals surface area contributed by atoms with Crippen molar-refractivity contribution in [1.29, 1.82) is 0 Å². The van der Waals surface area contributed by atoms with Crippen LogP contribution in [0.15, 0.2) is 53.4 Å². The van der Waals surface area contributed by atoms with E-state index in [4.69, 9.17) is 4.74 Å². The van der Waals surface area contributed by atoms with Gasteiger partial charge in [0.15, 0.2) is 0 Å². The Morgan fingerprint density at radius 3 is 2.22 bits per heavy atom. The van der Waals surface area contributed by atoms with Crippen LogP contribution in [0.3, 0.4) is 0 Å². The second kappa shape index (κ2) is 11.1. The van der Waals surface area contributed by atoms with Crippen LogP contribution in [0.4, 0.5) is 11.4 Å². The van der Waals surface area contributed by atoms with Gasteiger partial charge in [0.1, 0.15) is 0 Å². The third-order valence-corrected chi connectivity index (χ3v) is 9.27. The second-order valence-corrected chi connectivity index (χ2v) is 12.8. The lowest BCUT2D eigenvalue weighted by Gasteiger charge is -2.40. The van der Waals surface area contributed by atoms with Crippen molar-refractivity contribution in [2.75, 3.05) is 42.3 Å². The minimum atomic E-state index is -3.65. The zero-order valence-corrected chi connectivity index (χ0v) is 22.6. The van der Waals surface area contributed by atoms with E-state index in [0.29, 0.717) is 28.7 Å². The smallest absolute Gasteiger partial charge is 0.261 e. The van der Waals surface area contributed by atoms with Crippen molar-refractivity contribution in [2.24, 2.45) is 11.8 Å². The lowest BCUT2D eigenvalue weighted by Crippen LogP contribution is -2.48. The van der Waals surface area contributed by atoms with Gasteiger partial charge in [-0.3, -0.25) is 9.62 Å². The Labute approximate surface area is 217 Å². The third-order valence-electron chi connectivity index (χ3n) is 7.89. The number of sulfonamides is 1. The molecular formula is C29H41N3O3S. The van der Waals surface area contributed by atoms with Gasteiger partial charge in [-0.15, -0.1) is 0 Å². The molecule has 7 heteroatoms. The van der Waals surface area contributed by atoms with E-state index in [2.05, 4.69) is 28.4 Å². The number of nitrogens with zero attached hydrogens (tertiary/aromatic N) is 2. The van der Waals surface area contributed by atoms with Gasteiger partial charge in [0.2, 0.25) is 0 Å². The van der Waals surface area contributed by atoms with Crippen LogP contribution in [0.2, 0.25) is 0 Å². The van der Waals surface area contributed by atoms with E-state index in [1.165, 1.54) is 24.8 Å². The maximum Gasteiger partial charge on any atom is 0.261 e. The van der Waals surface area contributed by atoms with Gasteiger partial charge in [0.05, 0.1) is 28.5 Å². The highest BCUT2D eigenvalue weighted by Crippen LogP contribution is 2.34. The van der Waals surface area contributed by atoms with E-state index in [-0.39, 0.29) is 0 Å². The predicted octanol–water partition coefficient (Wildman–Crippen LogP) is 5.16. The Morgan fingerprint density at radius 2 is 1.56 bits per heavy atom. The van der Waals surface area contributed by atoms with Crippen LogP contribution in [0.1, 0.15) is 51.5 Å². The van der Waals surface area contributed by atoms with Crippen molar-refractivity contribution >= 4 is 21.4 Å². The average Bonchev–Trinajstić information content (AvgIpc) is 3.68. The Morgan fingerprint density at radius 1 is 0.889 bits per heavy atom. The zero-order valence-electron chi connectivity index (χ0n) is 21.7. The topological polar surface area (TPSA) is 61.9 Å². The van der Waals surface area contributed by atoms with Gasteiger partial charge in [-0.2, -0.15) is 0 Å². The number of anilines is 2. The lowest BCUT2D eigenvalue weighted by atomic mass is 9.95. The minimum absolute atomic E-state index is 0.299. The largest absolute Gasteiger partial charge is 0.373 e. The maximum absolute atomic E-state index is 13.2. The van der Waals surface area contributed by atoms with Gasteiger partial charge in [-0.05, 0) is 81.2 Å². The summed E-state index contributed by atoms with van der Waals surface area (Å²) in [6.07, 6.45) is 7.76. The molecule has 2 atom stereocenters. The van der Waals surface area contributed by atoms with Crippen LogP contribution in [0.25, 0.3) is 0 Å². The highest BCUT2D eigenvalue weighted by molar-refractivity contribution is 7.92. The third kappa shape index (κ3) is 6.61. The summed E-state index contributed by atoms with van der Waals surface area (Å²) >= 11 is 0. The molecule has 2 aliphatic heterocycles. The molecule has 3 fully saturated rings. The van der Waals surface area contributed by atoms with Gasteiger partial charge in [-0.1, -0.05) is 37.1 Å². The van der Waals surface area contributed by atoms with Crippen molar-refractivity contribution in [3.8, 4) is 0 Å². The molecule has 1 saturated carbocycles. The fraction of sp³-hybridized carbons (Fsp3) is 0.586. The second-order valence-electron chi connectivity index (χ2n) is 11.2. The lowest BCUT2D eigenvalue weighted by molar-refractivity contribution is -0.0720. The highest BCUT2D eigenvalue weighted by Gasteiger charge is 2.28. The number of morpholine rings is 1. The Balaban J connectivity index is 1.19. The molecule has 0 amide bonds. The van der Waals surface area contributed by atoms with E-state index in [0.717, 1.165) is 63.6 Å². The Bertz CT molecular complexity index is 1100. The number of ether oxygens (including phenoxy) is 1. The first-order chi connectivity index (χ1) is 17.4. The Hall–Kier alpha value is -2.09. The minimum Gasteiger partial charge on any atom is -0.373 e. The fourth-order valence-corrected chi connectivity index (χ4v) is 6.88. The molecule has 6 nitrogen and oxygen atoms in total. The van der Waals surface area contributed by atoms with Gasteiger partial charge in [0, 0.05) is 32.7 Å². The van der Waals surface area contributed by atoms with Crippen molar-refractivity contribution < 1.29 is 13.2 Å². The summed E-state index contributed by atoms with van der Waals surface area (Å²) in [5.74, 6) is 1.55. The molecule has 1 N–H and O–H groups in total. The molecule has 2 aromatic carbocycles. The number of benzene rings is 2. The molecule has 2 aromatic rings. The van der Waals surface area contributed by atoms with Crippen LogP contribution >= 0.6 is 0 Å². The van der Waals surface area contributed by atoms with E-state index in [9.17, 15) is 8.42 Å².